The van der Waals surface area contributed by atoms with Gasteiger partial charge in [-0.25, -0.2) is 9.31 Å². The molecule has 11 heteroatoms. The molecule has 3 fully saturated rings. The molecule has 11 nitrogen and oxygen atoms in total. The second-order valence-corrected chi connectivity index (χ2v) is 12.1. The predicted octanol–water partition coefficient (Wildman–Crippen LogP) is 4.03. The SMILES string of the molecule is CC(C)(C)OC(=O)N1CC(C(=O)N2CCC(n3cc(-c4cc(OC5CCC5)c5c(C#N)cnn5c4)cn3)CC2)C1. The average Bonchev–Trinajstić information content (AvgIpc) is 3.51. The summed E-state index contributed by atoms with van der Waals surface area (Å²) < 4.78 is 15.4. The van der Waals surface area contributed by atoms with E-state index < -0.39 is 5.60 Å². The third-order valence-electron chi connectivity index (χ3n) is 8.01. The summed E-state index contributed by atoms with van der Waals surface area (Å²) in [5, 5.41) is 18.6. The van der Waals surface area contributed by atoms with Crippen molar-refractivity contribution in [3.8, 4) is 22.9 Å². The first-order valence-corrected chi connectivity index (χ1v) is 14.1. The van der Waals surface area contributed by atoms with Crippen molar-refractivity contribution >= 4 is 17.5 Å². The lowest BCUT2D eigenvalue weighted by Crippen LogP contribution is -2.58. The summed E-state index contributed by atoms with van der Waals surface area (Å²) in [5.41, 5.74) is 2.53. The maximum atomic E-state index is 13.0. The summed E-state index contributed by atoms with van der Waals surface area (Å²) in [7, 11) is 0. The van der Waals surface area contributed by atoms with Gasteiger partial charge < -0.3 is 19.3 Å². The molecule has 2 aliphatic heterocycles. The van der Waals surface area contributed by atoms with Gasteiger partial charge in [0.2, 0.25) is 5.91 Å². The Kier molecular flexibility index (Phi) is 6.64. The molecular weight excluding hydrogens is 510 g/mol. The van der Waals surface area contributed by atoms with Gasteiger partial charge in [-0.1, -0.05) is 0 Å². The van der Waals surface area contributed by atoms with Crippen LogP contribution in [-0.2, 0) is 9.53 Å². The molecule has 3 aromatic heterocycles. The highest BCUT2D eigenvalue weighted by atomic mass is 16.6. The van der Waals surface area contributed by atoms with Gasteiger partial charge in [0.05, 0.1) is 30.5 Å². The molecule has 5 heterocycles. The number of carbonyl (C=O) groups excluding carboxylic acids is 2. The largest absolute Gasteiger partial charge is 0.488 e. The number of amides is 2. The Morgan fingerprint density at radius 3 is 2.40 bits per heavy atom. The van der Waals surface area contributed by atoms with Gasteiger partial charge in [-0.15, -0.1) is 0 Å². The normalized spacial score (nSPS) is 18.8. The van der Waals surface area contributed by atoms with Gasteiger partial charge in [0.15, 0.2) is 0 Å². The molecule has 0 aromatic carbocycles. The fraction of sp³-hybridized carbons (Fsp3) is 0.552. The first kappa shape index (κ1) is 26.2. The molecule has 210 valence electrons. The molecule has 1 aliphatic carbocycles. The lowest BCUT2D eigenvalue weighted by atomic mass is 9.96. The zero-order chi connectivity index (χ0) is 28.0. The monoisotopic (exact) mass is 545 g/mol. The summed E-state index contributed by atoms with van der Waals surface area (Å²) in [6.07, 6.45) is 12.0. The predicted molar refractivity (Wildman–Crippen MR) is 146 cm³/mol. The number of hydrogen-bond acceptors (Lipinski definition) is 7. The molecule has 1 saturated carbocycles. The Balaban J connectivity index is 1.08. The van der Waals surface area contributed by atoms with Crippen molar-refractivity contribution in [1.82, 2.24) is 29.2 Å². The molecule has 3 aromatic rings. The van der Waals surface area contributed by atoms with Crippen LogP contribution in [-0.4, -0.2) is 79.1 Å². The summed E-state index contributed by atoms with van der Waals surface area (Å²) in [6.45, 7) is 7.67. The molecule has 0 bridgehead atoms. The zero-order valence-corrected chi connectivity index (χ0v) is 23.2. The van der Waals surface area contributed by atoms with E-state index in [2.05, 4.69) is 16.3 Å². The minimum absolute atomic E-state index is 0.114. The number of pyridine rings is 1. The molecule has 0 spiro atoms. The van der Waals surface area contributed by atoms with E-state index in [1.165, 1.54) is 0 Å². The fourth-order valence-corrected chi connectivity index (χ4v) is 5.49. The van der Waals surface area contributed by atoms with E-state index in [0.717, 1.165) is 43.2 Å². The average molecular weight is 546 g/mol. The van der Waals surface area contributed by atoms with Gasteiger partial charge in [0.25, 0.3) is 0 Å². The second-order valence-electron chi connectivity index (χ2n) is 12.1. The first-order chi connectivity index (χ1) is 19.2. The van der Waals surface area contributed by atoms with Gasteiger partial charge in [0, 0.05) is 49.7 Å². The molecule has 0 N–H and O–H groups in total. The van der Waals surface area contributed by atoms with Crippen molar-refractivity contribution in [2.45, 2.75) is 70.6 Å². The highest BCUT2D eigenvalue weighted by Crippen LogP contribution is 2.34. The molecular formula is C29H35N7O4. The fourth-order valence-electron chi connectivity index (χ4n) is 5.49. The Morgan fingerprint density at radius 1 is 1.00 bits per heavy atom. The number of nitrogens with zero attached hydrogens (tertiary/aromatic N) is 7. The van der Waals surface area contributed by atoms with Crippen molar-refractivity contribution in [3.63, 3.8) is 0 Å². The number of ether oxygens (including phenoxy) is 2. The summed E-state index contributed by atoms with van der Waals surface area (Å²) in [5.74, 6) is 0.634. The minimum atomic E-state index is -0.542. The van der Waals surface area contributed by atoms with Gasteiger partial charge in [-0.2, -0.15) is 15.5 Å². The van der Waals surface area contributed by atoms with Crippen molar-refractivity contribution in [2.24, 2.45) is 5.92 Å². The smallest absolute Gasteiger partial charge is 0.410 e. The van der Waals surface area contributed by atoms with E-state index in [-0.39, 0.29) is 30.1 Å². The molecule has 0 unspecified atom stereocenters. The topological polar surface area (TPSA) is 118 Å². The van der Waals surface area contributed by atoms with E-state index in [0.29, 0.717) is 43.0 Å². The number of carbonyl (C=O) groups is 2. The van der Waals surface area contributed by atoms with E-state index >= 15 is 0 Å². The lowest BCUT2D eigenvalue weighted by molar-refractivity contribution is -0.141. The van der Waals surface area contributed by atoms with Crippen LogP contribution >= 0.6 is 0 Å². The molecule has 2 amide bonds. The molecule has 6 rings (SSSR count). The van der Waals surface area contributed by atoms with E-state index in [4.69, 9.17) is 9.47 Å². The van der Waals surface area contributed by atoms with Crippen molar-refractivity contribution < 1.29 is 19.1 Å². The number of fused-ring (bicyclic) bond motifs is 1. The molecule has 3 aliphatic rings. The van der Waals surface area contributed by atoms with Crippen molar-refractivity contribution in [2.75, 3.05) is 26.2 Å². The quantitative estimate of drug-likeness (QED) is 0.475. The van der Waals surface area contributed by atoms with Crippen LogP contribution in [0.5, 0.6) is 5.75 Å². The number of aromatic nitrogens is 4. The van der Waals surface area contributed by atoms with Crippen LogP contribution in [0.3, 0.4) is 0 Å². The van der Waals surface area contributed by atoms with Crippen molar-refractivity contribution in [1.29, 1.82) is 5.26 Å². The summed E-state index contributed by atoms with van der Waals surface area (Å²) in [4.78, 5) is 28.7. The van der Waals surface area contributed by atoms with Crippen LogP contribution in [0.25, 0.3) is 16.6 Å². The summed E-state index contributed by atoms with van der Waals surface area (Å²) >= 11 is 0. The number of likely N-dealkylation sites (tertiary alicyclic amines) is 2. The van der Waals surface area contributed by atoms with E-state index in [9.17, 15) is 14.9 Å². The maximum absolute atomic E-state index is 13.0. The van der Waals surface area contributed by atoms with Gasteiger partial charge in [-0.05, 0) is 58.9 Å². The van der Waals surface area contributed by atoms with Crippen LogP contribution in [0.2, 0.25) is 0 Å². The minimum Gasteiger partial charge on any atom is -0.488 e. The first-order valence-electron chi connectivity index (χ1n) is 14.1. The van der Waals surface area contributed by atoms with Crippen LogP contribution < -0.4 is 4.74 Å². The van der Waals surface area contributed by atoms with Crippen LogP contribution in [0.4, 0.5) is 4.79 Å². The van der Waals surface area contributed by atoms with Crippen LogP contribution in [0.15, 0.2) is 30.9 Å². The van der Waals surface area contributed by atoms with Crippen molar-refractivity contribution in [3.05, 3.63) is 36.4 Å². The number of rotatable bonds is 5. The molecule has 2 saturated heterocycles. The second kappa shape index (κ2) is 10.2. The zero-order valence-electron chi connectivity index (χ0n) is 23.2. The van der Waals surface area contributed by atoms with E-state index in [1.807, 2.05) is 55.0 Å². The number of nitriles is 1. The Morgan fingerprint density at radius 2 is 1.75 bits per heavy atom. The van der Waals surface area contributed by atoms with Gasteiger partial charge >= 0.3 is 6.09 Å². The van der Waals surface area contributed by atoms with Gasteiger partial charge in [-0.3, -0.25) is 9.48 Å². The molecule has 0 radical (unpaired) electrons. The highest BCUT2D eigenvalue weighted by Gasteiger charge is 2.40. The molecule has 40 heavy (non-hydrogen) atoms. The number of piperidine rings is 1. The standard InChI is InChI=1S/C29H35N7O4/c1-29(2,3)40-28(38)34-15-22(16-34)27(37)33-9-7-23(8-10-33)35-18-21(14-31-35)19-11-25(39-24-5-4-6-24)26-20(12-30)13-32-36(26)17-19/h11,13-14,17-18,22-24H,4-10,15-16H2,1-3H3. The highest BCUT2D eigenvalue weighted by molar-refractivity contribution is 5.83. The Hall–Kier alpha value is -4.07. The van der Waals surface area contributed by atoms with E-state index in [1.54, 1.807) is 15.6 Å². The van der Waals surface area contributed by atoms with Crippen LogP contribution in [0.1, 0.15) is 64.5 Å². The van der Waals surface area contributed by atoms with Gasteiger partial charge in [0.1, 0.15) is 28.5 Å². The molecule has 0 atom stereocenters. The van der Waals surface area contributed by atoms with Crippen LogP contribution in [0, 0.1) is 17.2 Å². The third kappa shape index (κ3) is 5.10. The maximum Gasteiger partial charge on any atom is 0.410 e. The Labute approximate surface area is 233 Å². The lowest BCUT2D eigenvalue weighted by Gasteiger charge is -2.42. The summed E-state index contributed by atoms with van der Waals surface area (Å²) in [6, 6.07) is 4.40. The third-order valence-corrected chi connectivity index (χ3v) is 8.01. The number of hydrogen-bond donors (Lipinski definition) is 0. The Bertz CT molecular complexity index is 1460.